The van der Waals surface area contributed by atoms with E-state index in [2.05, 4.69) is 10.2 Å². The summed E-state index contributed by atoms with van der Waals surface area (Å²) >= 11 is 1.29. The van der Waals surface area contributed by atoms with Crippen molar-refractivity contribution in [2.45, 2.75) is 18.0 Å². The van der Waals surface area contributed by atoms with E-state index in [9.17, 15) is 4.79 Å². The minimum atomic E-state index is -0.0986. The molecule has 19 heavy (non-hydrogen) atoms. The molecule has 1 aromatic rings. The van der Waals surface area contributed by atoms with Crippen molar-refractivity contribution in [1.29, 1.82) is 10.5 Å². The molecule has 0 radical (unpaired) electrons. The number of aromatic nitrogens is 3. The molecule has 0 saturated carbocycles. The van der Waals surface area contributed by atoms with Crippen LogP contribution in [0.25, 0.3) is 0 Å². The average molecular weight is 278 g/mol. The van der Waals surface area contributed by atoms with Crippen molar-refractivity contribution in [3.05, 3.63) is 6.33 Å². The number of aryl methyl sites for hydroxylation is 1. The normalized spacial score (nSPS) is 9.63. The third-order valence-electron chi connectivity index (χ3n) is 2.33. The summed E-state index contributed by atoms with van der Waals surface area (Å²) in [5, 5.41) is 25.4. The SMILES string of the molecule is Cn1cnnc1SCC(=O)N(CCC#N)CCC#N. The molecule has 8 heteroatoms. The molecule has 0 saturated heterocycles. The first-order chi connectivity index (χ1) is 9.19. The molecule has 0 aromatic carbocycles. The minimum Gasteiger partial charge on any atom is -0.340 e. The summed E-state index contributed by atoms with van der Waals surface area (Å²) in [6.45, 7) is 0.715. The minimum absolute atomic E-state index is 0.0986. The first-order valence-corrected chi connectivity index (χ1v) is 6.66. The van der Waals surface area contributed by atoms with Crippen LogP contribution in [-0.2, 0) is 11.8 Å². The number of carbonyl (C=O) groups is 1. The van der Waals surface area contributed by atoms with Gasteiger partial charge in [-0.05, 0) is 0 Å². The maximum Gasteiger partial charge on any atom is 0.233 e. The first-order valence-electron chi connectivity index (χ1n) is 5.67. The summed E-state index contributed by atoms with van der Waals surface area (Å²) in [7, 11) is 1.80. The molecule has 7 nitrogen and oxygen atoms in total. The molecule has 0 aliphatic rings. The molecule has 0 spiro atoms. The fourth-order valence-electron chi connectivity index (χ4n) is 1.35. The van der Waals surface area contributed by atoms with E-state index in [1.165, 1.54) is 16.7 Å². The number of rotatable bonds is 7. The topological polar surface area (TPSA) is 98.6 Å². The highest BCUT2D eigenvalue weighted by Crippen LogP contribution is 2.14. The van der Waals surface area contributed by atoms with Gasteiger partial charge in [0.15, 0.2) is 5.16 Å². The van der Waals surface area contributed by atoms with Crippen molar-refractivity contribution in [2.75, 3.05) is 18.8 Å². The molecular formula is C11H14N6OS. The molecule has 0 unspecified atom stereocenters. The van der Waals surface area contributed by atoms with E-state index in [4.69, 9.17) is 10.5 Å². The predicted molar refractivity (Wildman–Crippen MR) is 68.8 cm³/mol. The Kier molecular flexibility index (Phi) is 6.41. The molecule has 0 bridgehead atoms. The van der Waals surface area contributed by atoms with Crippen LogP contribution in [-0.4, -0.2) is 44.4 Å². The Morgan fingerprint density at radius 2 is 2.05 bits per heavy atom. The molecule has 1 heterocycles. The van der Waals surface area contributed by atoms with Gasteiger partial charge in [-0.15, -0.1) is 10.2 Å². The fourth-order valence-corrected chi connectivity index (χ4v) is 2.14. The molecular weight excluding hydrogens is 264 g/mol. The highest BCUT2D eigenvalue weighted by Gasteiger charge is 2.14. The van der Waals surface area contributed by atoms with Crippen LogP contribution in [0.4, 0.5) is 0 Å². The third kappa shape index (κ3) is 4.98. The molecule has 1 rings (SSSR count). The number of nitrogens with zero attached hydrogens (tertiary/aromatic N) is 6. The first kappa shape index (κ1) is 15.0. The number of hydrogen-bond donors (Lipinski definition) is 0. The number of thioether (sulfide) groups is 1. The average Bonchev–Trinajstić information content (AvgIpc) is 2.82. The lowest BCUT2D eigenvalue weighted by Crippen LogP contribution is -2.34. The molecule has 1 amide bonds. The van der Waals surface area contributed by atoms with Gasteiger partial charge >= 0.3 is 0 Å². The third-order valence-corrected chi connectivity index (χ3v) is 3.35. The van der Waals surface area contributed by atoms with Crippen molar-refractivity contribution >= 4 is 17.7 Å². The highest BCUT2D eigenvalue weighted by atomic mass is 32.2. The van der Waals surface area contributed by atoms with E-state index >= 15 is 0 Å². The van der Waals surface area contributed by atoms with Crippen molar-refractivity contribution in [3.8, 4) is 12.1 Å². The number of carbonyl (C=O) groups excluding carboxylic acids is 1. The molecule has 0 N–H and O–H groups in total. The Bertz CT molecular complexity index is 482. The van der Waals surface area contributed by atoms with Gasteiger partial charge in [-0.3, -0.25) is 4.79 Å². The van der Waals surface area contributed by atoms with E-state index in [-0.39, 0.29) is 24.5 Å². The summed E-state index contributed by atoms with van der Waals surface area (Å²) < 4.78 is 1.73. The van der Waals surface area contributed by atoms with Gasteiger partial charge in [0.25, 0.3) is 0 Å². The summed E-state index contributed by atoms with van der Waals surface area (Å²) in [6.07, 6.45) is 2.10. The van der Waals surface area contributed by atoms with Gasteiger partial charge in [0, 0.05) is 20.1 Å². The van der Waals surface area contributed by atoms with Crippen molar-refractivity contribution < 1.29 is 4.79 Å². The van der Waals surface area contributed by atoms with E-state index < -0.39 is 0 Å². The molecule has 0 atom stereocenters. The van der Waals surface area contributed by atoms with Gasteiger partial charge < -0.3 is 9.47 Å². The van der Waals surface area contributed by atoms with Crippen LogP contribution in [0.15, 0.2) is 11.5 Å². The second kappa shape index (κ2) is 8.11. The zero-order valence-corrected chi connectivity index (χ0v) is 11.4. The zero-order chi connectivity index (χ0) is 14.1. The second-order valence-corrected chi connectivity index (χ2v) is 4.65. The van der Waals surface area contributed by atoms with E-state index in [1.807, 2.05) is 12.1 Å². The molecule has 1 aromatic heterocycles. The van der Waals surface area contributed by atoms with Gasteiger partial charge in [-0.25, -0.2) is 0 Å². The monoisotopic (exact) mass is 278 g/mol. The lowest BCUT2D eigenvalue weighted by Gasteiger charge is -2.19. The van der Waals surface area contributed by atoms with Gasteiger partial charge in [0.1, 0.15) is 6.33 Å². The van der Waals surface area contributed by atoms with Gasteiger partial charge in [-0.1, -0.05) is 11.8 Å². The Morgan fingerprint density at radius 1 is 1.42 bits per heavy atom. The zero-order valence-electron chi connectivity index (χ0n) is 10.6. The van der Waals surface area contributed by atoms with Crippen LogP contribution in [0.1, 0.15) is 12.8 Å². The second-order valence-electron chi connectivity index (χ2n) is 3.71. The van der Waals surface area contributed by atoms with Crippen molar-refractivity contribution in [1.82, 2.24) is 19.7 Å². The Balaban J connectivity index is 2.49. The van der Waals surface area contributed by atoms with E-state index in [0.717, 1.165) is 0 Å². The van der Waals surface area contributed by atoms with Crippen LogP contribution in [0.3, 0.4) is 0 Å². The summed E-state index contributed by atoms with van der Waals surface area (Å²) in [5.74, 6) is 0.127. The quantitative estimate of drug-likeness (QED) is 0.676. The highest BCUT2D eigenvalue weighted by molar-refractivity contribution is 7.99. The largest absolute Gasteiger partial charge is 0.340 e. The summed E-state index contributed by atoms with van der Waals surface area (Å²) in [6, 6.07) is 4.00. The Labute approximate surface area is 115 Å². The van der Waals surface area contributed by atoms with Crippen molar-refractivity contribution in [2.24, 2.45) is 7.05 Å². The molecule has 100 valence electrons. The van der Waals surface area contributed by atoms with Gasteiger partial charge in [0.05, 0.1) is 30.7 Å². The lowest BCUT2D eigenvalue weighted by atomic mass is 10.3. The molecule has 0 aliphatic heterocycles. The summed E-state index contributed by atoms with van der Waals surface area (Å²) in [4.78, 5) is 13.5. The van der Waals surface area contributed by atoms with Crippen molar-refractivity contribution in [3.63, 3.8) is 0 Å². The Hall–Kier alpha value is -2.06. The van der Waals surface area contributed by atoms with Crippen LogP contribution in [0.5, 0.6) is 0 Å². The standard InChI is InChI=1S/C11H14N6OS/c1-16-9-14-15-11(16)19-8-10(18)17(6-2-4-12)7-3-5-13/h9H,2-3,6-8H2,1H3. The molecule has 0 aliphatic carbocycles. The van der Waals surface area contributed by atoms with Crippen LogP contribution < -0.4 is 0 Å². The number of nitriles is 2. The van der Waals surface area contributed by atoms with Crippen LogP contribution >= 0.6 is 11.8 Å². The van der Waals surface area contributed by atoms with Gasteiger partial charge in [0.2, 0.25) is 5.91 Å². The van der Waals surface area contributed by atoms with E-state index in [1.54, 1.807) is 17.9 Å². The van der Waals surface area contributed by atoms with Gasteiger partial charge in [-0.2, -0.15) is 10.5 Å². The number of amides is 1. The van der Waals surface area contributed by atoms with E-state index in [0.29, 0.717) is 18.2 Å². The number of hydrogen-bond acceptors (Lipinski definition) is 6. The van der Waals surface area contributed by atoms with Crippen LogP contribution in [0, 0.1) is 22.7 Å². The smallest absolute Gasteiger partial charge is 0.233 e. The van der Waals surface area contributed by atoms with Crippen LogP contribution in [0.2, 0.25) is 0 Å². The Morgan fingerprint density at radius 3 is 2.53 bits per heavy atom. The lowest BCUT2D eigenvalue weighted by molar-refractivity contribution is -0.128. The predicted octanol–water partition coefficient (Wildman–Crippen LogP) is 0.563. The molecule has 0 fully saturated rings. The summed E-state index contributed by atoms with van der Waals surface area (Å²) in [5.41, 5.74) is 0. The maximum absolute atomic E-state index is 12.0. The maximum atomic E-state index is 12.0. The fraction of sp³-hybridized carbons (Fsp3) is 0.545.